The monoisotopic (exact) mass is 263 g/mol. The molecule has 2 aromatic carbocycles. The summed E-state index contributed by atoms with van der Waals surface area (Å²) in [6.07, 6.45) is 0.986. The fraction of sp³-hybridized carbons (Fsp3) is 0.158. The second kappa shape index (κ2) is 6.76. The molecule has 102 valence electrons. The van der Waals surface area contributed by atoms with Crippen molar-refractivity contribution in [3.8, 4) is 0 Å². The Balaban J connectivity index is 2.08. The number of allylic oxidation sites excluding steroid dienone is 1. The van der Waals surface area contributed by atoms with Crippen LogP contribution in [-0.4, -0.2) is 11.4 Å². The normalized spacial score (nSPS) is 10.1. The molecule has 0 aliphatic heterocycles. The Kier molecular flexibility index (Phi) is 4.78. The highest BCUT2D eigenvalue weighted by Crippen LogP contribution is 2.21. The van der Waals surface area contributed by atoms with Crippen LogP contribution in [0.1, 0.15) is 18.1 Å². The van der Waals surface area contributed by atoms with Crippen LogP contribution in [0.4, 0.5) is 0 Å². The molecule has 0 spiro atoms. The predicted molar refractivity (Wildman–Crippen MR) is 87.1 cm³/mol. The number of benzene rings is 2. The summed E-state index contributed by atoms with van der Waals surface area (Å²) in [5.74, 6) is 0. The quantitative estimate of drug-likeness (QED) is 0.728. The molecule has 0 bridgehead atoms. The van der Waals surface area contributed by atoms with Crippen LogP contribution in [0.5, 0.6) is 0 Å². The van der Waals surface area contributed by atoms with Gasteiger partial charge in [0.2, 0.25) is 0 Å². The van der Waals surface area contributed by atoms with Crippen LogP contribution in [0.15, 0.2) is 79.5 Å². The molecule has 0 amide bonds. The number of hydrogen-bond donors (Lipinski definition) is 0. The molecular formula is C19H21N. The Labute approximate surface area is 121 Å². The molecule has 0 saturated carbocycles. The Bertz CT molecular complexity index is 569. The highest BCUT2D eigenvalue weighted by molar-refractivity contribution is 5.63. The van der Waals surface area contributed by atoms with E-state index in [1.54, 1.807) is 0 Å². The van der Waals surface area contributed by atoms with Gasteiger partial charge in [0, 0.05) is 17.9 Å². The number of rotatable bonds is 6. The van der Waals surface area contributed by atoms with Crippen molar-refractivity contribution in [1.82, 2.24) is 4.90 Å². The Morgan fingerprint density at radius 1 is 0.900 bits per heavy atom. The van der Waals surface area contributed by atoms with E-state index in [2.05, 4.69) is 54.5 Å². The third-order valence-electron chi connectivity index (χ3n) is 3.36. The zero-order valence-corrected chi connectivity index (χ0v) is 12.0. The number of hydrogen-bond acceptors (Lipinski definition) is 1. The van der Waals surface area contributed by atoms with Crippen molar-refractivity contribution in [2.45, 2.75) is 13.3 Å². The van der Waals surface area contributed by atoms with Crippen molar-refractivity contribution in [3.63, 3.8) is 0 Å². The van der Waals surface area contributed by atoms with Gasteiger partial charge in [0.25, 0.3) is 0 Å². The van der Waals surface area contributed by atoms with Gasteiger partial charge < -0.3 is 4.90 Å². The lowest BCUT2D eigenvalue weighted by Crippen LogP contribution is -2.22. The molecule has 1 heteroatoms. The average molecular weight is 263 g/mol. The van der Waals surface area contributed by atoms with E-state index in [-0.39, 0.29) is 0 Å². The summed E-state index contributed by atoms with van der Waals surface area (Å²) in [5, 5.41) is 0. The van der Waals surface area contributed by atoms with E-state index in [4.69, 9.17) is 0 Å². The molecule has 0 unspecified atom stereocenters. The predicted octanol–water partition coefficient (Wildman–Crippen LogP) is 4.74. The lowest BCUT2D eigenvalue weighted by Gasteiger charge is -2.27. The third kappa shape index (κ3) is 3.61. The van der Waals surface area contributed by atoms with Crippen molar-refractivity contribution in [3.05, 3.63) is 90.6 Å². The summed E-state index contributed by atoms with van der Waals surface area (Å²) in [6.45, 7) is 11.2. The first kappa shape index (κ1) is 14.1. The summed E-state index contributed by atoms with van der Waals surface area (Å²) in [4.78, 5) is 2.18. The SMILES string of the molecule is C=C(C)N(CCc1ccccc1)C(=C)c1ccccc1. The first-order chi connectivity index (χ1) is 9.68. The minimum Gasteiger partial charge on any atom is -0.346 e. The smallest absolute Gasteiger partial charge is 0.0408 e. The van der Waals surface area contributed by atoms with Crippen molar-refractivity contribution >= 4 is 5.70 Å². The van der Waals surface area contributed by atoms with Gasteiger partial charge in [-0.05, 0) is 24.5 Å². The fourth-order valence-corrected chi connectivity index (χ4v) is 2.23. The van der Waals surface area contributed by atoms with E-state index < -0.39 is 0 Å². The van der Waals surface area contributed by atoms with Gasteiger partial charge in [-0.25, -0.2) is 0 Å². The van der Waals surface area contributed by atoms with Gasteiger partial charge >= 0.3 is 0 Å². The molecule has 0 heterocycles. The minimum absolute atomic E-state index is 0.896. The van der Waals surface area contributed by atoms with Crippen molar-refractivity contribution in [2.75, 3.05) is 6.54 Å². The second-order valence-corrected chi connectivity index (χ2v) is 4.94. The Morgan fingerprint density at radius 3 is 2.00 bits per heavy atom. The van der Waals surface area contributed by atoms with E-state index in [1.807, 2.05) is 31.2 Å². The molecule has 0 aliphatic rings. The topological polar surface area (TPSA) is 3.24 Å². The Hall–Kier alpha value is -2.28. The van der Waals surface area contributed by atoms with Crippen molar-refractivity contribution in [2.24, 2.45) is 0 Å². The van der Waals surface area contributed by atoms with E-state index >= 15 is 0 Å². The highest BCUT2D eigenvalue weighted by atomic mass is 15.1. The zero-order chi connectivity index (χ0) is 14.4. The summed E-state index contributed by atoms with van der Waals surface area (Å²) in [7, 11) is 0. The van der Waals surface area contributed by atoms with Crippen molar-refractivity contribution in [1.29, 1.82) is 0 Å². The molecule has 1 nitrogen and oxygen atoms in total. The van der Waals surface area contributed by atoms with E-state index in [0.717, 1.165) is 29.9 Å². The fourth-order valence-electron chi connectivity index (χ4n) is 2.23. The molecule has 0 saturated heterocycles. The summed E-state index contributed by atoms with van der Waals surface area (Å²) >= 11 is 0. The van der Waals surface area contributed by atoms with E-state index in [9.17, 15) is 0 Å². The Morgan fingerprint density at radius 2 is 1.45 bits per heavy atom. The van der Waals surface area contributed by atoms with Gasteiger partial charge in [0.1, 0.15) is 0 Å². The molecule has 0 N–H and O–H groups in total. The zero-order valence-electron chi connectivity index (χ0n) is 12.0. The second-order valence-electron chi connectivity index (χ2n) is 4.94. The molecular weight excluding hydrogens is 242 g/mol. The first-order valence-corrected chi connectivity index (χ1v) is 6.90. The largest absolute Gasteiger partial charge is 0.346 e. The molecule has 0 fully saturated rings. The maximum absolute atomic E-state index is 4.22. The van der Waals surface area contributed by atoms with Crippen LogP contribution in [0.25, 0.3) is 5.70 Å². The molecule has 0 atom stereocenters. The van der Waals surface area contributed by atoms with Gasteiger partial charge in [0.15, 0.2) is 0 Å². The lowest BCUT2D eigenvalue weighted by atomic mass is 10.1. The summed E-state index contributed by atoms with van der Waals surface area (Å²) in [6, 6.07) is 20.8. The van der Waals surface area contributed by atoms with Crippen LogP contribution < -0.4 is 0 Å². The minimum atomic E-state index is 0.896. The van der Waals surface area contributed by atoms with Crippen LogP contribution >= 0.6 is 0 Å². The van der Waals surface area contributed by atoms with Gasteiger partial charge in [-0.2, -0.15) is 0 Å². The van der Waals surface area contributed by atoms with E-state index in [1.165, 1.54) is 5.56 Å². The van der Waals surface area contributed by atoms with Crippen LogP contribution in [-0.2, 0) is 6.42 Å². The van der Waals surface area contributed by atoms with Crippen LogP contribution in [0.2, 0.25) is 0 Å². The van der Waals surface area contributed by atoms with E-state index in [0.29, 0.717) is 0 Å². The maximum atomic E-state index is 4.22. The van der Waals surface area contributed by atoms with Crippen molar-refractivity contribution < 1.29 is 0 Å². The molecule has 2 rings (SSSR count). The molecule has 20 heavy (non-hydrogen) atoms. The number of nitrogens with zero attached hydrogens (tertiary/aromatic N) is 1. The van der Waals surface area contributed by atoms with Gasteiger partial charge in [-0.1, -0.05) is 73.8 Å². The highest BCUT2D eigenvalue weighted by Gasteiger charge is 2.10. The molecule has 0 aromatic heterocycles. The standard InChI is InChI=1S/C19H21N/c1-16(2)20(15-14-18-10-6-4-7-11-18)17(3)19-12-8-5-9-13-19/h4-13H,1,3,14-15H2,2H3. The summed E-state index contributed by atoms with van der Waals surface area (Å²) < 4.78 is 0. The average Bonchev–Trinajstić information content (AvgIpc) is 2.49. The van der Waals surface area contributed by atoms with Gasteiger partial charge in [-0.15, -0.1) is 0 Å². The van der Waals surface area contributed by atoms with Gasteiger partial charge in [-0.3, -0.25) is 0 Å². The molecule has 0 radical (unpaired) electrons. The lowest BCUT2D eigenvalue weighted by molar-refractivity contribution is 0.495. The van der Waals surface area contributed by atoms with Crippen LogP contribution in [0.3, 0.4) is 0 Å². The third-order valence-corrected chi connectivity index (χ3v) is 3.36. The molecule has 2 aromatic rings. The van der Waals surface area contributed by atoms with Crippen LogP contribution in [0, 0.1) is 0 Å². The summed E-state index contributed by atoms with van der Waals surface area (Å²) in [5.41, 5.74) is 4.51. The first-order valence-electron chi connectivity index (χ1n) is 6.90. The van der Waals surface area contributed by atoms with Gasteiger partial charge in [0.05, 0.1) is 0 Å². The maximum Gasteiger partial charge on any atom is 0.0408 e. The molecule has 0 aliphatic carbocycles.